The van der Waals surface area contributed by atoms with Crippen molar-refractivity contribution in [2.75, 3.05) is 18.9 Å². The minimum atomic E-state index is -1.21. The fourth-order valence-corrected chi connectivity index (χ4v) is 12.2. The summed E-state index contributed by atoms with van der Waals surface area (Å²) < 4.78 is 12.2. The van der Waals surface area contributed by atoms with Crippen LogP contribution >= 0.6 is 11.8 Å². The number of unbranched alkanes of at least 4 members (excludes halogenated alkanes) is 3. The summed E-state index contributed by atoms with van der Waals surface area (Å²) in [5.74, 6) is 6.17. The van der Waals surface area contributed by atoms with Gasteiger partial charge in [0.1, 0.15) is 23.7 Å². The molecule has 0 amide bonds. The molecule has 4 fully saturated rings. The molecule has 1 heterocycles. The molecule has 0 radical (unpaired) electrons. The van der Waals surface area contributed by atoms with Gasteiger partial charge in [-0.1, -0.05) is 78.4 Å². The Kier molecular flexibility index (Phi) is 13.1. The van der Waals surface area contributed by atoms with Gasteiger partial charge in [0, 0.05) is 13.2 Å². The first-order valence-electron chi connectivity index (χ1n) is 19.3. The molecule has 1 saturated heterocycles. The van der Waals surface area contributed by atoms with Crippen LogP contribution in [0.4, 0.5) is 0 Å². The van der Waals surface area contributed by atoms with Gasteiger partial charge in [-0.3, -0.25) is 0 Å². The highest BCUT2D eigenvalue weighted by molar-refractivity contribution is 7.99. The third-order valence-corrected chi connectivity index (χ3v) is 15.1. The molecule has 3 saturated carbocycles. The molecule has 6 nitrogen and oxygen atoms in total. The maximum atomic E-state index is 10.3. The number of aliphatic hydroxyl groups excluding tert-OH is 3. The molecule has 4 aliphatic carbocycles. The summed E-state index contributed by atoms with van der Waals surface area (Å²) in [6, 6.07) is 0. The highest BCUT2D eigenvalue weighted by atomic mass is 32.2. The minimum Gasteiger partial charge on any atom is -0.388 e. The van der Waals surface area contributed by atoms with Crippen molar-refractivity contribution in [1.29, 1.82) is 0 Å². The van der Waals surface area contributed by atoms with Gasteiger partial charge in [0.05, 0.1) is 12.2 Å². The molecule has 1 aliphatic heterocycles. The lowest BCUT2D eigenvalue weighted by Gasteiger charge is -2.58. The highest BCUT2D eigenvalue weighted by Crippen LogP contribution is 2.67. The van der Waals surface area contributed by atoms with E-state index in [-0.39, 0.29) is 6.54 Å². The average molecular weight is 664 g/mol. The second-order valence-corrected chi connectivity index (χ2v) is 18.3. The van der Waals surface area contributed by atoms with Crippen LogP contribution in [-0.4, -0.2) is 70.2 Å². The Labute approximate surface area is 285 Å². The van der Waals surface area contributed by atoms with Crippen LogP contribution in [0.25, 0.3) is 0 Å². The Morgan fingerprint density at radius 1 is 0.913 bits per heavy atom. The summed E-state index contributed by atoms with van der Waals surface area (Å²) in [4.78, 5) is 0. The van der Waals surface area contributed by atoms with Gasteiger partial charge in [-0.05, 0) is 116 Å². The van der Waals surface area contributed by atoms with Crippen LogP contribution in [0.1, 0.15) is 131 Å². The van der Waals surface area contributed by atoms with Gasteiger partial charge in [-0.2, -0.15) is 0 Å². The van der Waals surface area contributed by atoms with E-state index in [4.69, 9.17) is 15.2 Å². The van der Waals surface area contributed by atoms with Crippen LogP contribution in [0.5, 0.6) is 0 Å². The van der Waals surface area contributed by atoms with E-state index < -0.39 is 29.9 Å². The fourth-order valence-electron chi connectivity index (χ4n) is 11.1. The maximum Gasteiger partial charge on any atom is 0.132 e. The Hall–Kier alpha value is -0.150. The number of aliphatic hydroxyl groups is 3. The van der Waals surface area contributed by atoms with Gasteiger partial charge in [-0.25, -0.2) is 0 Å². The van der Waals surface area contributed by atoms with Crippen molar-refractivity contribution in [3.63, 3.8) is 0 Å². The first kappa shape index (κ1) is 37.1. The molecule has 13 atom stereocenters. The summed E-state index contributed by atoms with van der Waals surface area (Å²) in [5, 5.41) is 30.3. The van der Waals surface area contributed by atoms with Crippen LogP contribution in [0, 0.1) is 46.3 Å². The molecule has 5 aliphatic rings. The van der Waals surface area contributed by atoms with Crippen LogP contribution in [0.3, 0.4) is 0 Å². The van der Waals surface area contributed by atoms with Crippen molar-refractivity contribution >= 4 is 11.8 Å². The van der Waals surface area contributed by atoms with Crippen LogP contribution in [-0.2, 0) is 9.47 Å². The molecule has 0 aromatic carbocycles. The monoisotopic (exact) mass is 663 g/mol. The Morgan fingerprint density at radius 3 is 2.46 bits per heavy atom. The molecule has 5 rings (SSSR count). The molecule has 46 heavy (non-hydrogen) atoms. The number of fused-ring (bicyclic) bond motifs is 5. The lowest BCUT2D eigenvalue weighted by molar-refractivity contribution is -0.194. The second kappa shape index (κ2) is 16.2. The SMILES string of the molecule is CC(C)CCC[C@@H](C)[C@H]1CCC2C3CC=C4C[C@@H](OCCCCCCS[C@@H]5O[C@H](CN)[C@H](O)[C@H](O)[C@H]5O)CC[C@]4(C)C3CC[C@@]21C. The molecular formula is C39H69NO5S. The highest BCUT2D eigenvalue weighted by Gasteiger charge is 2.59. The van der Waals surface area contributed by atoms with Gasteiger partial charge in [0.25, 0.3) is 0 Å². The third-order valence-electron chi connectivity index (χ3n) is 13.8. The molecular weight excluding hydrogens is 594 g/mol. The van der Waals surface area contributed by atoms with Crippen molar-refractivity contribution < 1.29 is 24.8 Å². The Bertz CT molecular complexity index is 991. The summed E-state index contributed by atoms with van der Waals surface area (Å²) >= 11 is 1.51. The van der Waals surface area contributed by atoms with Crippen LogP contribution in [0.15, 0.2) is 11.6 Å². The average Bonchev–Trinajstić information content (AvgIpc) is 3.39. The first-order chi connectivity index (χ1) is 22.0. The number of thioether (sulfide) groups is 1. The molecule has 0 spiro atoms. The largest absolute Gasteiger partial charge is 0.388 e. The molecule has 266 valence electrons. The van der Waals surface area contributed by atoms with Gasteiger partial charge < -0.3 is 30.5 Å². The van der Waals surface area contributed by atoms with E-state index in [1.54, 1.807) is 5.57 Å². The Balaban J connectivity index is 1.02. The Morgan fingerprint density at radius 2 is 1.70 bits per heavy atom. The van der Waals surface area contributed by atoms with Crippen molar-refractivity contribution in [3.05, 3.63) is 11.6 Å². The predicted molar refractivity (Wildman–Crippen MR) is 189 cm³/mol. The van der Waals surface area contributed by atoms with Gasteiger partial charge in [-0.15, -0.1) is 11.8 Å². The molecule has 5 N–H and O–H groups in total. The lowest BCUT2D eigenvalue weighted by atomic mass is 9.47. The molecule has 0 aromatic rings. The van der Waals surface area contributed by atoms with E-state index in [0.717, 1.165) is 80.0 Å². The number of hydrogen-bond acceptors (Lipinski definition) is 7. The number of rotatable bonds is 15. The van der Waals surface area contributed by atoms with Crippen molar-refractivity contribution in [1.82, 2.24) is 0 Å². The van der Waals surface area contributed by atoms with E-state index in [1.165, 1.54) is 76.0 Å². The van der Waals surface area contributed by atoms with E-state index in [2.05, 4.69) is 40.7 Å². The van der Waals surface area contributed by atoms with Crippen molar-refractivity contribution in [3.8, 4) is 0 Å². The summed E-state index contributed by atoms with van der Waals surface area (Å²) in [5.41, 5.74) is 7.78. The number of ether oxygens (including phenoxy) is 2. The zero-order chi connectivity index (χ0) is 33.1. The van der Waals surface area contributed by atoms with E-state index >= 15 is 0 Å². The summed E-state index contributed by atoms with van der Waals surface area (Å²) in [6.07, 6.45) is 18.4. The smallest absolute Gasteiger partial charge is 0.132 e. The van der Waals surface area contributed by atoms with Crippen LogP contribution in [0.2, 0.25) is 0 Å². The lowest BCUT2D eigenvalue weighted by Crippen LogP contribution is -2.58. The van der Waals surface area contributed by atoms with Crippen molar-refractivity contribution in [2.24, 2.45) is 52.1 Å². The topological polar surface area (TPSA) is 105 Å². The normalized spacial score (nSPS) is 43.1. The number of allylic oxidation sites excluding steroid dienone is 1. The summed E-state index contributed by atoms with van der Waals surface area (Å²) in [6.45, 7) is 13.6. The fraction of sp³-hybridized carbons (Fsp3) is 0.949. The molecule has 7 heteroatoms. The molecule has 0 aromatic heterocycles. The summed E-state index contributed by atoms with van der Waals surface area (Å²) in [7, 11) is 0. The van der Waals surface area contributed by atoms with Crippen molar-refractivity contribution in [2.45, 2.75) is 167 Å². The third kappa shape index (κ3) is 7.92. The quantitative estimate of drug-likeness (QED) is 0.106. The number of hydrogen-bond donors (Lipinski definition) is 4. The van der Waals surface area contributed by atoms with E-state index in [0.29, 0.717) is 16.9 Å². The first-order valence-corrected chi connectivity index (χ1v) is 20.4. The molecule has 0 bridgehead atoms. The van der Waals surface area contributed by atoms with Gasteiger partial charge in [0.15, 0.2) is 0 Å². The molecule has 3 unspecified atom stereocenters. The van der Waals surface area contributed by atoms with E-state index in [9.17, 15) is 15.3 Å². The second-order valence-electron chi connectivity index (χ2n) is 17.1. The minimum absolute atomic E-state index is 0.124. The van der Waals surface area contributed by atoms with E-state index in [1.807, 2.05) is 0 Å². The standard InChI is InChI=1S/C39H69NO5S/c1-25(2)11-10-12-26(3)30-15-16-31-29-14-13-27-23-28(17-19-38(27,4)32(29)18-20-39(30,31)5)44-21-8-6-7-9-22-46-37-36(43)35(42)34(41)33(24-40)45-37/h13,25-26,28-37,41-43H,6-12,14-24,40H2,1-5H3/t26-,28+,29?,30-,31?,32?,33-,34+,35+,36-,37+,38+,39-/m1/s1. The zero-order valence-corrected chi connectivity index (χ0v) is 30.7. The van der Waals surface area contributed by atoms with Crippen LogP contribution < -0.4 is 5.73 Å². The van der Waals surface area contributed by atoms with Gasteiger partial charge >= 0.3 is 0 Å². The maximum absolute atomic E-state index is 10.3. The predicted octanol–water partition coefficient (Wildman–Crippen LogP) is 7.47. The van der Waals surface area contributed by atoms with Gasteiger partial charge in [0.2, 0.25) is 0 Å². The zero-order valence-electron chi connectivity index (χ0n) is 29.9. The number of nitrogens with two attached hydrogens (primary N) is 1.